The van der Waals surface area contributed by atoms with Crippen LogP contribution in [0.2, 0.25) is 0 Å². The van der Waals surface area contributed by atoms with E-state index in [1.807, 2.05) is 0 Å². The molecule has 0 aromatic carbocycles. The molecule has 0 fully saturated rings. The average Bonchev–Trinajstić information content (AvgIpc) is 1.79. The maximum atomic E-state index is 10.3. The van der Waals surface area contributed by atoms with Crippen molar-refractivity contribution in [3.05, 3.63) is 12.2 Å². The Morgan fingerprint density at radius 1 is 1.50 bits per heavy atom. The van der Waals surface area contributed by atoms with Gasteiger partial charge in [0, 0.05) is 12.5 Å². The van der Waals surface area contributed by atoms with Gasteiger partial charge in [-0.1, -0.05) is 6.08 Å². The minimum absolute atomic E-state index is 0.0787. The van der Waals surface area contributed by atoms with E-state index in [1.54, 1.807) is 0 Å². The summed E-state index contributed by atoms with van der Waals surface area (Å²) >= 11 is 0. The van der Waals surface area contributed by atoms with Gasteiger partial charge >= 0.3 is 5.97 Å². The van der Waals surface area contributed by atoms with E-state index in [-0.39, 0.29) is 5.78 Å². The van der Waals surface area contributed by atoms with Crippen LogP contribution < -0.4 is 0 Å². The molecule has 0 rings (SSSR count). The van der Waals surface area contributed by atoms with Crippen molar-refractivity contribution in [2.75, 3.05) is 0 Å². The van der Waals surface area contributed by atoms with Crippen molar-refractivity contribution in [2.45, 2.75) is 19.8 Å². The molecule has 56 valence electrons. The van der Waals surface area contributed by atoms with Crippen LogP contribution in [0.25, 0.3) is 0 Å². The molecule has 3 heteroatoms. The van der Waals surface area contributed by atoms with Crippen LogP contribution in [0, 0.1) is 0 Å². The van der Waals surface area contributed by atoms with Crippen LogP contribution >= 0.6 is 0 Å². The van der Waals surface area contributed by atoms with Gasteiger partial charge < -0.3 is 9.90 Å². The van der Waals surface area contributed by atoms with Gasteiger partial charge in [-0.2, -0.15) is 0 Å². The van der Waals surface area contributed by atoms with Crippen LogP contribution in [0.1, 0.15) is 19.8 Å². The normalized spacial score (nSPS) is 10.1. The van der Waals surface area contributed by atoms with Gasteiger partial charge in [-0.15, -0.1) is 0 Å². The van der Waals surface area contributed by atoms with E-state index in [4.69, 9.17) is 5.11 Å². The Balaban J connectivity index is 3.36. The van der Waals surface area contributed by atoms with Crippen LogP contribution in [0.4, 0.5) is 0 Å². The molecule has 0 bridgehead atoms. The van der Waals surface area contributed by atoms with E-state index in [2.05, 4.69) is 0 Å². The summed E-state index contributed by atoms with van der Waals surface area (Å²) in [5.41, 5.74) is 0. The number of hydrogen-bond donors (Lipinski definition) is 1. The lowest BCUT2D eigenvalue weighted by atomic mass is 10.2. The molecular formula is C7H10O3. The van der Waals surface area contributed by atoms with Gasteiger partial charge in [-0.05, 0) is 13.3 Å². The lowest BCUT2D eigenvalue weighted by Crippen LogP contribution is -1.89. The summed E-state index contributed by atoms with van der Waals surface area (Å²) in [5.74, 6) is -0.890. The molecular weight excluding hydrogens is 132 g/mol. The van der Waals surface area contributed by atoms with Crippen LogP contribution in [-0.4, -0.2) is 16.9 Å². The van der Waals surface area contributed by atoms with Crippen molar-refractivity contribution < 1.29 is 14.7 Å². The Kier molecular flexibility index (Phi) is 4.20. The second kappa shape index (κ2) is 4.73. The van der Waals surface area contributed by atoms with Gasteiger partial charge in [-0.3, -0.25) is 0 Å². The first kappa shape index (κ1) is 8.88. The number of carboxylic acids is 1. The fourth-order valence-electron chi connectivity index (χ4n) is 0.471. The highest BCUT2D eigenvalue weighted by molar-refractivity contribution is 5.80. The fourth-order valence-corrected chi connectivity index (χ4v) is 0.471. The molecule has 0 aromatic heterocycles. The zero-order valence-electron chi connectivity index (χ0n) is 5.83. The van der Waals surface area contributed by atoms with Gasteiger partial charge in [0.1, 0.15) is 5.78 Å². The number of carboxylic acid groups (broad SMARTS) is 1. The summed E-state index contributed by atoms with van der Waals surface area (Å²) in [5, 5.41) is 8.11. The molecule has 0 unspecified atom stereocenters. The molecule has 0 saturated heterocycles. The van der Waals surface area contributed by atoms with Gasteiger partial charge in [0.15, 0.2) is 0 Å². The number of rotatable bonds is 4. The molecule has 0 atom stereocenters. The Bertz CT molecular complexity index is 158. The predicted molar refractivity (Wildman–Crippen MR) is 36.7 cm³/mol. The minimum Gasteiger partial charge on any atom is -0.478 e. The zero-order valence-corrected chi connectivity index (χ0v) is 5.83. The summed E-state index contributed by atoms with van der Waals surface area (Å²) < 4.78 is 0. The standard InChI is InChI=1S/C7H10O3/c1-6(8)4-2-3-5-7(9)10/h3,5H,2,4H2,1H3,(H,9,10). The van der Waals surface area contributed by atoms with Crippen molar-refractivity contribution >= 4 is 11.8 Å². The molecule has 0 aromatic rings. The number of hydrogen-bond acceptors (Lipinski definition) is 2. The highest BCUT2D eigenvalue weighted by atomic mass is 16.4. The van der Waals surface area contributed by atoms with Crippen LogP contribution in [0.3, 0.4) is 0 Å². The van der Waals surface area contributed by atoms with Crippen molar-refractivity contribution in [1.29, 1.82) is 0 Å². The number of allylic oxidation sites excluding steroid dienone is 1. The predicted octanol–water partition coefficient (Wildman–Crippen LogP) is 0.996. The highest BCUT2D eigenvalue weighted by Crippen LogP contribution is 1.91. The van der Waals surface area contributed by atoms with Gasteiger partial charge in [0.05, 0.1) is 0 Å². The molecule has 3 nitrogen and oxygen atoms in total. The fraction of sp³-hybridized carbons (Fsp3) is 0.429. The Morgan fingerprint density at radius 3 is 2.50 bits per heavy atom. The molecule has 0 saturated carbocycles. The molecule has 10 heavy (non-hydrogen) atoms. The number of carbonyl (C=O) groups is 2. The maximum Gasteiger partial charge on any atom is 0.327 e. The molecule has 0 radical (unpaired) electrons. The Hall–Kier alpha value is -1.12. The van der Waals surface area contributed by atoms with E-state index in [0.29, 0.717) is 12.8 Å². The Morgan fingerprint density at radius 2 is 2.10 bits per heavy atom. The monoisotopic (exact) mass is 142 g/mol. The van der Waals surface area contributed by atoms with E-state index < -0.39 is 5.97 Å². The lowest BCUT2D eigenvalue weighted by molar-refractivity contribution is -0.131. The largest absolute Gasteiger partial charge is 0.478 e. The number of Topliss-reactive ketones (excluding diaryl/α,β-unsaturated/α-hetero) is 1. The van der Waals surface area contributed by atoms with Crippen LogP contribution in [0.5, 0.6) is 0 Å². The smallest absolute Gasteiger partial charge is 0.327 e. The van der Waals surface area contributed by atoms with Gasteiger partial charge in [0.25, 0.3) is 0 Å². The molecule has 0 aliphatic carbocycles. The summed E-state index contributed by atoms with van der Waals surface area (Å²) in [6.45, 7) is 1.48. The first-order valence-corrected chi connectivity index (χ1v) is 3.02. The summed E-state index contributed by atoms with van der Waals surface area (Å²) in [6, 6.07) is 0. The first-order valence-electron chi connectivity index (χ1n) is 3.02. The van der Waals surface area contributed by atoms with Crippen molar-refractivity contribution in [2.24, 2.45) is 0 Å². The maximum absolute atomic E-state index is 10.3. The summed E-state index contributed by atoms with van der Waals surface area (Å²) in [6.07, 6.45) is 3.46. The molecule has 0 amide bonds. The molecule has 0 heterocycles. The summed E-state index contributed by atoms with van der Waals surface area (Å²) in [4.78, 5) is 20.2. The highest BCUT2D eigenvalue weighted by Gasteiger charge is 1.89. The van der Waals surface area contributed by atoms with Gasteiger partial charge in [-0.25, -0.2) is 4.79 Å². The van der Waals surface area contributed by atoms with E-state index in [1.165, 1.54) is 13.0 Å². The third kappa shape index (κ3) is 6.88. The quantitative estimate of drug-likeness (QED) is 0.595. The first-order chi connectivity index (χ1) is 4.63. The topological polar surface area (TPSA) is 54.4 Å². The second-order valence-electron chi connectivity index (χ2n) is 1.98. The Labute approximate surface area is 59.4 Å². The third-order valence-electron chi connectivity index (χ3n) is 0.923. The number of aliphatic carboxylic acids is 1. The van der Waals surface area contributed by atoms with Crippen LogP contribution in [-0.2, 0) is 9.59 Å². The van der Waals surface area contributed by atoms with Crippen molar-refractivity contribution in [3.63, 3.8) is 0 Å². The minimum atomic E-state index is -0.969. The average molecular weight is 142 g/mol. The van der Waals surface area contributed by atoms with E-state index >= 15 is 0 Å². The zero-order chi connectivity index (χ0) is 7.98. The lowest BCUT2D eigenvalue weighted by Gasteiger charge is -1.85. The number of carbonyl (C=O) groups excluding carboxylic acids is 1. The van der Waals surface area contributed by atoms with Gasteiger partial charge in [0.2, 0.25) is 0 Å². The molecule has 0 aliphatic rings. The second-order valence-corrected chi connectivity index (χ2v) is 1.98. The molecule has 0 aliphatic heterocycles. The van der Waals surface area contributed by atoms with E-state index in [9.17, 15) is 9.59 Å². The molecule has 1 N–H and O–H groups in total. The molecule has 0 spiro atoms. The number of ketones is 1. The van der Waals surface area contributed by atoms with Crippen molar-refractivity contribution in [3.8, 4) is 0 Å². The van der Waals surface area contributed by atoms with Crippen molar-refractivity contribution in [1.82, 2.24) is 0 Å². The van der Waals surface area contributed by atoms with E-state index in [0.717, 1.165) is 6.08 Å². The third-order valence-corrected chi connectivity index (χ3v) is 0.923. The SMILES string of the molecule is CC(=O)CCC=CC(=O)O. The summed E-state index contributed by atoms with van der Waals surface area (Å²) in [7, 11) is 0. The van der Waals surface area contributed by atoms with Crippen LogP contribution in [0.15, 0.2) is 12.2 Å².